The van der Waals surface area contributed by atoms with Crippen molar-refractivity contribution in [2.24, 2.45) is 0 Å². The van der Waals surface area contributed by atoms with Crippen molar-refractivity contribution >= 4 is 17.1 Å². The summed E-state index contributed by atoms with van der Waals surface area (Å²) in [5.74, 6) is 0. The molecule has 0 aromatic heterocycles. The Morgan fingerprint density at radius 3 is 0.985 bits per heavy atom. The molecule has 10 aromatic rings. The van der Waals surface area contributed by atoms with Gasteiger partial charge in [-0.05, 0) is 125 Å². The smallest absolute Gasteiger partial charge is 0.0714 e. The average Bonchev–Trinajstić information content (AvgIpc) is 3.94. The molecule has 1 nitrogen and oxygen atoms in total. The minimum atomic E-state index is -0.534. The maximum absolute atomic E-state index is 2.52. The fraction of sp³-hybridized carbons (Fsp3) is 0.0769. The molecule has 3 aliphatic carbocycles. The zero-order chi connectivity index (χ0) is 44.0. The number of hydrogen-bond donors (Lipinski definition) is 0. The van der Waals surface area contributed by atoms with Crippen LogP contribution in [0.5, 0.6) is 0 Å². The number of rotatable bonds is 7. The second-order valence-electron chi connectivity index (χ2n) is 18.8. The predicted octanol–water partition coefficient (Wildman–Crippen LogP) is 16.2. The van der Waals surface area contributed by atoms with E-state index in [1.54, 1.807) is 0 Å². The first-order chi connectivity index (χ1) is 32.5. The topological polar surface area (TPSA) is 3.24 Å². The standard InChI is InChI=1S/C65H47N/c1-63(2)57-34-14-9-29-51(57)56-40-39-50(43-62(56)63)66(48-27-19-25-46(41-48)64(44-21-5-3-6-22-44)58-35-15-10-30-52(58)53-31-11-16-36-59(53)64)49-28-20-26-47(42-49)65(45-23-7-4-8-24-45)60-37-17-12-32-54(60)55-33-13-18-38-61(55)65/h3-43H,1-2H3. The maximum atomic E-state index is 2.52. The van der Waals surface area contributed by atoms with Gasteiger partial charge < -0.3 is 4.90 Å². The number of anilines is 3. The van der Waals surface area contributed by atoms with E-state index in [1.807, 2.05) is 0 Å². The molecule has 66 heavy (non-hydrogen) atoms. The molecule has 3 aliphatic rings. The van der Waals surface area contributed by atoms with Gasteiger partial charge in [0.1, 0.15) is 0 Å². The second kappa shape index (κ2) is 14.5. The van der Waals surface area contributed by atoms with E-state index in [2.05, 4.69) is 267 Å². The zero-order valence-electron chi connectivity index (χ0n) is 37.1. The van der Waals surface area contributed by atoms with Crippen molar-refractivity contribution in [3.63, 3.8) is 0 Å². The van der Waals surface area contributed by atoms with E-state index in [0.29, 0.717) is 0 Å². The minimum Gasteiger partial charge on any atom is -0.310 e. The molecule has 312 valence electrons. The number of nitrogens with zero attached hydrogens (tertiary/aromatic N) is 1. The minimum absolute atomic E-state index is 0.166. The van der Waals surface area contributed by atoms with Crippen molar-refractivity contribution in [2.45, 2.75) is 30.1 Å². The first kappa shape index (κ1) is 38.5. The van der Waals surface area contributed by atoms with E-state index in [9.17, 15) is 0 Å². The summed E-state index contributed by atoms with van der Waals surface area (Å²) in [7, 11) is 0. The number of fused-ring (bicyclic) bond motifs is 9. The molecule has 0 amide bonds. The van der Waals surface area contributed by atoms with Gasteiger partial charge in [0.15, 0.2) is 0 Å². The van der Waals surface area contributed by atoms with Gasteiger partial charge in [0.2, 0.25) is 0 Å². The van der Waals surface area contributed by atoms with Gasteiger partial charge >= 0.3 is 0 Å². The fourth-order valence-electron chi connectivity index (χ4n) is 12.5. The van der Waals surface area contributed by atoms with Crippen molar-refractivity contribution in [3.8, 4) is 33.4 Å². The Balaban J connectivity index is 1.08. The molecule has 10 aromatic carbocycles. The Labute approximate surface area is 388 Å². The first-order valence-corrected chi connectivity index (χ1v) is 23.3. The van der Waals surface area contributed by atoms with Gasteiger partial charge in [-0.2, -0.15) is 0 Å². The Morgan fingerprint density at radius 1 is 0.242 bits per heavy atom. The third-order valence-electron chi connectivity index (χ3n) is 15.2. The van der Waals surface area contributed by atoms with Crippen molar-refractivity contribution < 1.29 is 0 Å². The molecule has 0 saturated heterocycles. The van der Waals surface area contributed by atoms with Gasteiger partial charge in [-0.1, -0.05) is 226 Å². The Bertz CT molecular complexity index is 3250. The van der Waals surface area contributed by atoms with E-state index >= 15 is 0 Å². The summed E-state index contributed by atoms with van der Waals surface area (Å²) in [6, 6.07) is 93.3. The summed E-state index contributed by atoms with van der Waals surface area (Å²) in [6.07, 6.45) is 0. The van der Waals surface area contributed by atoms with Crippen LogP contribution in [-0.2, 0) is 16.2 Å². The average molecular weight is 842 g/mol. The van der Waals surface area contributed by atoms with Gasteiger partial charge in [-0.3, -0.25) is 0 Å². The third-order valence-corrected chi connectivity index (χ3v) is 15.2. The van der Waals surface area contributed by atoms with Crippen LogP contribution in [-0.4, -0.2) is 0 Å². The molecule has 1 heteroatoms. The van der Waals surface area contributed by atoms with Crippen molar-refractivity contribution in [3.05, 3.63) is 304 Å². The third kappa shape index (κ3) is 5.23. The van der Waals surface area contributed by atoms with Crippen LogP contribution in [0, 0.1) is 0 Å². The number of hydrogen-bond acceptors (Lipinski definition) is 1. The largest absolute Gasteiger partial charge is 0.310 e. The van der Waals surface area contributed by atoms with Crippen LogP contribution in [0.25, 0.3) is 33.4 Å². The highest BCUT2D eigenvalue weighted by Gasteiger charge is 2.48. The van der Waals surface area contributed by atoms with Gasteiger partial charge in [0, 0.05) is 22.5 Å². The quantitative estimate of drug-likeness (QED) is 0.155. The molecule has 0 heterocycles. The molecule has 0 aliphatic heterocycles. The highest BCUT2D eigenvalue weighted by Crippen LogP contribution is 2.59. The lowest BCUT2D eigenvalue weighted by atomic mass is 9.67. The Morgan fingerprint density at radius 2 is 0.561 bits per heavy atom. The van der Waals surface area contributed by atoms with Gasteiger partial charge in [0.25, 0.3) is 0 Å². The van der Waals surface area contributed by atoms with Crippen LogP contribution in [0.4, 0.5) is 17.1 Å². The van der Waals surface area contributed by atoms with Crippen LogP contribution < -0.4 is 4.90 Å². The summed E-state index contributed by atoms with van der Waals surface area (Å²) >= 11 is 0. The van der Waals surface area contributed by atoms with Crippen LogP contribution >= 0.6 is 0 Å². The maximum Gasteiger partial charge on any atom is 0.0714 e. The molecule has 0 radical (unpaired) electrons. The van der Waals surface area contributed by atoms with Crippen LogP contribution in [0.1, 0.15) is 69.5 Å². The normalized spacial score (nSPS) is 14.9. The summed E-state index contributed by atoms with van der Waals surface area (Å²) in [5, 5.41) is 0. The van der Waals surface area contributed by atoms with Gasteiger partial charge in [-0.15, -0.1) is 0 Å². The molecular weight excluding hydrogens is 795 g/mol. The molecule has 0 spiro atoms. The van der Waals surface area contributed by atoms with Crippen LogP contribution in [0.3, 0.4) is 0 Å². The SMILES string of the molecule is CC1(C)c2ccccc2-c2ccc(N(c3cccc(C4(c5ccccc5)c5ccccc5-c5ccccc54)c3)c3cccc(C4(c5ccccc5)c5ccccc5-c5ccccc54)c3)cc21. The summed E-state index contributed by atoms with van der Waals surface area (Å²) < 4.78 is 0. The molecule has 0 atom stereocenters. The van der Waals surface area contributed by atoms with E-state index in [4.69, 9.17) is 0 Å². The Kier molecular flexibility index (Phi) is 8.45. The molecule has 0 N–H and O–H groups in total. The summed E-state index contributed by atoms with van der Waals surface area (Å²) in [5.41, 5.74) is 22.8. The summed E-state index contributed by atoms with van der Waals surface area (Å²) in [4.78, 5) is 2.52. The lowest BCUT2D eigenvalue weighted by Crippen LogP contribution is -2.29. The van der Waals surface area contributed by atoms with Gasteiger partial charge in [-0.25, -0.2) is 0 Å². The zero-order valence-corrected chi connectivity index (χ0v) is 37.1. The fourth-order valence-corrected chi connectivity index (χ4v) is 12.5. The molecule has 0 unspecified atom stereocenters. The van der Waals surface area contributed by atoms with Crippen molar-refractivity contribution in [1.29, 1.82) is 0 Å². The number of benzene rings is 10. The Hall–Kier alpha value is -8.00. The van der Waals surface area contributed by atoms with E-state index < -0.39 is 10.8 Å². The predicted molar refractivity (Wildman–Crippen MR) is 273 cm³/mol. The lowest BCUT2D eigenvalue weighted by molar-refractivity contribution is 0.660. The second-order valence-corrected chi connectivity index (χ2v) is 18.8. The monoisotopic (exact) mass is 841 g/mol. The molecular formula is C65H47N. The van der Waals surface area contributed by atoms with Crippen LogP contribution in [0.15, 0.2) is 249 Å². The molecule has 0 fully saturated rings. The molecule has 13 rings (SSSR count). The first-order valence-electron chi connectivity index (χ1n) is 23.3. The van der Waals surface area contributed by atoms with Gasteiger partial charge in [0.05, 0.1) is 10.8 Å². The van der Waals surface area contributed by atoms with Crippen LogP contribution in [0.2, 0.25) is 0 Å². The summed E-state index contributed by atoms with van der Waals surface area (Å²) in [6.45, 7) is 4.76. The van der Waals surface area contributed by atoms with E-state index in [0.717, 1.165) is 17.1 Å². The highest BCUT2D eigenvalue weighted by atomic mass is 15.1. The van der Waals surface area contributed by atoms with E-state index in [-0.39, 0.29) is 5.41 Å². The van der Waals surface area contributed by atoms with Crippen molar-refractivity contribution in [1.82, 2.24) is 0 Å². The molecule has 0 bridgehead atoms. The van der Waals surface area contributed by atoms with E-state index in [1.165, 1.54) is 89.0 Å². The lowest BCUT2D eigenvalue weighted by Gasteiger charge is -2.36. The molecule has 0 saturated carbocycles. The highest BCUT2D eigenvalue weighted by molar-refractivity contribution is 5.90. The van der Waals surface area contributed by atoms with Crippen molar-refractivity contribution in [2.75, 3.05) is 4.90 Å².